The van der Waals surface area contributed by atoms with Crippen molar-refractivity contribution >= 4 is 23.5 Å². The largest absolute Gasteiger partial charge is 0.493 e. The van der Waals surface area contributed by atoms with Gasteiger partial charge in [0, 0.05) is 32.6 Å². The summed E-state index contributed by atoms with van der Waals surface area (Å²) in [5.74, 6) is 1.66. The van der Waals surface area contributed by atoms with Crippen LogP contribution in [0.5, 0.6) is 11.5 Å². The Kier molecular flexibility index (Phi) is 8.20. The van der Waals surface area contributed by atoms with Crippen LogP contribution in [0.1, 0.15) is 32.8 Å². The summed E-state index contributed by atoms with van der Waals surface area (Å²) in [5, 5.41) is 2.84. The first kappa shape index (κ1) is 25.1. The number of nitrogens with one attached hydrogen (secondary N) is 1. The van der Waals surface area contributed by atoms with Crippen molar-refractivity contribution in [2.45, 2.75) is 39.2 Å². The molecule has 0 saturated carbocycles. The van der Waals surface area contributed by atoms with Gasteiger partial charge in [0.15, 0.2) is 11.5 Å². The van der Waals surface area contributed by atoms with Crippen LogP contribution >= 0.6 is 0 Å². The van der Waals surface area contributed by atoms with Crippen LogP contribution < -0.4 is 19.7 Å². The van der Waals surface area contributed by atoms with Gasteiger partial charge in [0.25, 0.3) is 0 Å². The fourth-order valence-corrected chi connectivity index (χ4v) is 3.72. The summed E-state index contributed by atoms with van der Waals surface area (Å²) in [7, 11) is 3.18. The second-order valence-corrected chi connectivity index (χ2v) is 9.06. The van der Waals surface area contributed by atoms with E-state index in [4.69, 9.17) is 14.2 Å². The number of benzene rings is 1. The molecule has 0 bridgehead atoms. The van der Waals surface area contributed by atoms with Gasteiger partial charge in [-0.25, -0.2) is 9.78 Å². The van der Waals surface area contributed by atoms with E-state index < -0.39 is 5.60 Å². The number of methoxy groups -OCH3 is 2. The summed E-state index contributed by atoms with van der Waals surface area (Å²) < 4.78 is 16.2. The lowest BCUT2D eigenvalue weighted by molar-refractivity contribution is -0.116. The van der Waals surface area contributed by atoms with Crippen LogP contribution in [0.4, 0.5) is 16.3 Å². The highest BCUT2D eigenvalue weighted by Crippen LogP contribution is 2.31. The number of aromatic nitrogens is 1. The monoisotopic (exact) mass is 470 g/mol. The molecule has 0 spiro atoms. The van der Waals surface area contributed by atoms with Gasteiger partial charge in [0.1, 0.15) is 11.4 Å². The molecule has 1 fully saturated rings. The van der Waals surface area contributed by atoms with E-state index in [1.54, 1.807) is 31.4 Å². The van der Waals surface area contributed by atoms with Gasteiger partial charge in [0.2, 0.25) is 5.91 Å². The second kappa shape index (κ2) is 11.1. The first-order valence-corrected chi connectivity index (χ1v) is 11.4. The molecule has 1 aliphatic rings. The molecule has 1 saturated heterocycles. The second-order valence-electron chi connectivity index (χ2n) is 9.06. The third-order valence-corrected chi connectivity index (χ3v) is 5.42. The molecule has 1 aromatic carbocycles. The highest BCUT2D eigenvalue weighted by atomic mass is 16.6. The van der Waals surface area contributed by atoms with Crippen LogP contribution in [0.15, 0.2) is 36.5 Å². The molecule has 0 aliphatic carbocycles. The maximum Gasteiger partial charge on any atom is 0.410 e. The summed E-state index contributed by atoms with van der Waals surface area (Å²) in [6, 6.07) is 9.34. The summed E-state index contributed by atoms with van der Waals surface area (Å²) in [6.45, 7) is 8.14. The third kappa shape index (κ3) is 6.76. The van der Waals surface area contributed by atoms with Crippen molar-refractivity contribution in [3.63, 3.8) is 0 Å². The van der Waals surface area contributed by atoms with E-state index in [2.05, 4.69) is 15.2 Å². The Bertz CT molecular complexity index is 980. The van der Waals surface area contributed by atoms with Crippen molar-refractivity contribution < 1.29 is 23.8 Å². The number of nitrogens with zero attached hydrogens (tertiary/aromatic N) is 3. The number of carbonyl (C=O) groups is 2. The van der Waals surface area contributed by atoms with E-state index in [1.807, 2.05) is 45.0 Å². The van der Waals surface area contributed by atoms with Crippen LogP contribution in [-0.4, -0.2) is 67.9 Å². The molecule has 0 unspecified atom stereocenters. The zero-order chi connectivity index (χ0) is 24.7. The maximum atomic E-state index is 12.4. The van der Waals surface area contributed by atoms with Gasteiger partial charge >= 0.3 is 6.09 Å². The highest BCUT2D eigenvalue weighted by molar-refractivity contribution is 5.90. The minimum absolute atomic E-state index is 0.129. The summed E-state index contributed by atoms with van der Waals surface area (Å²) in [5.41, 5.74) is 1.35. The quantitative estimate of drug-likeness (QED) is 0.659. The molecule has 0 atom stereocenters. The Balaban J connectivity index is 1.49. The van der Waals surface area contributed by atoms with Crippen LogP contribution in [0.25, 0.3) is 0 Å². The molecule has 2 heterocycles. The van der Waals surface area contributed by atoms with Crippen molar-refractivity contribution in [3.05, 3.63) is 42.1 Å². The molecule has 1 aromatic heterocycles. The predicted octanol–water partition coefficient (Wildman–Crippen LogP) is 3.73. The SMILES string of the molecule is COc1cccc(CCC(=O)Nc2ccc(N3CCN(C(=O)OC(C)(C)C)CC3)cn2)c1OC. The Morgan fingerprint density at radius 3 is 2.35 bits per heavy atom. The molecule has 184 valence electrons. The molecular formula is C25H34N4O5. The number of rotatable bonds is 7. The fourth-order valence-electron chi connectivity index (χ4n) is 3.72. The number of carbonyl (C=O) groups excluding carboxylic acids is 2. The van der Waals surface area contributed by atoms with Crippen molar-refractivity contribution in [1.29, 1.82) is 0 Å². The molecule has 1 N–H and O–H groups in total. The molecule has 34 heavy (non-hydrogen) atoms. The number of ether oxygens (including phenoxy) is 3. The number of amides is 2. The average molecular weight is 471 g/mol. The number of aryl methyl sites for hydroxylation is 1. The van der Waals surface area contributed by atoms with E-state index in [1.165, 1.54) is 0 Å². The summed E-state index contributed by atoms with van der Waals surface area (Å²) in [6.07, 6.45) is 2.27. The standard InChI is InChI=1S/C25H34N4O5/c1-25(2,3)34-24(31)29-15-13-28(14-16-29)19-10-11-21(26-17-19)27-22(30)12-9-18-7-6-8-20(32-4)23(18)33-5/h6-8,10-11,17H,9,12-16H2,1-5H3,(H,26,27,30). The van der Waals surface area contributed by atoms with Crippen LogP contribution in [0.3, 0.4) is 0 Å². The molecule has 1 aliphatic heterocycles. The van der Waals surface area contributed by atoms with E-state index in [0.29, 0.717) is 56.3 Å². The minimum Gasteiger partial charge on any atom is -0.493 e. The Labute approximate surface area is 201 Å². The topological polar surface area (TPSA) is 93.2 Å². The molecule has 0 radical (unpaired) electrons. The highest BCUT2D eigenvalue weighted by Gasteiger charge is 2.26. The molecule has 9 nitrogen and oxygen atoms in total. The average Bonchev–Trinajstić information content (AvgIpc) is 2.82. The predicted molar refractivity (Wildman–Crippen MR) is 131 cm³/mol. The smallest absolute Gasteiger partial charge is 0.410 e. The van der Waals surface area contributed by atoms with Crippen LogP contribution in [0.2, 0.25) is 0 Å². The van der Waals surface area contributed by atoms with Crippen LogP contribution in [-0.2, 0) is 16.0 Å². The summed E-state index contributed by atoms with van der Waals surface area (Å²) >= 11 is 0. The zero-order valence-electron chi connectivity index (χ0n) is 20.6. The van der Waals surface area contributed by atoms with E-state index in [0.717, 1.165) is 11.3 Å². The first-order chi connectivity index (χ1) is 16.2. The molecule has 3 rings (SSSR count). The zero-order valence-corrected chi connectivity index (χ0v) is 20.6. The lowest BCUT2D eigenvalue weighted by atomic mass is 10.1. The van der Waals surface area contributed by atoms with Gasteiger partial charge in [-0.3, -0.25) is 4.79 Å². The van der Waals surface area contributed by atoms with Gasteiger partial charge < -0.3 is 29.3 Å². The fraction of sp³-hybridized carbons (Fsp3) is 0.480. The maximum absolute atomic E-state index is 12.4. The van der Waals surface area contributed by atoms with Crippen molar-refractivity contribution in [2.75, 3.05) is 50.6 Å². The minimum atomic E-state index is -0.502. The molecule has 2 aromatic rings. The van der Waals surface area contributed by atoms with Gasteiger partial charge in [0.05, 0.1) is 26.1 Å². The third-order valence-electron chi connectivity index (χ3n) is 5.42. The normalized spacial score (nSPS) is 13.9. The number of anilines is 2. The molecule has 9 heteroatoms. The van der Waals surface area contributed by atoms with Gasteiger partial charge in [-0.15, -0.1) is 0 Å². The van der Waals surface area contributed by atoms with Crippen molar-refractivity contribution in [2.24, 2.45) is 0 Å². The van der Waals surface area contributed by atoms with Gasteiger partial charge in [-0.1, -0.05) is 12.1 Å². The van der Waals surface area contributed by atoms with E-state index in [9.17, 15) is 9.59 Å². The number of piperazine rings is 1. The van der Waals surface area contributed by atoms with Gasteiger partial charge in [-0.2, -0.15) is 0 Å². The number of hydrogen-bond acceptors (Lipinski definition) is 7. The Morgan fingerprint density at radius 1 is 1.03 bits per heavy atom. The van der Waals surface area contributed by atoms with E-state index in [-0.39, 0.29) is 12.0 Å². The lowest BCUT2D eigenvalue weighted by Crippen LogP contribution is -2.50. The number of hydrogen-bond donors (Lipinski definition) is 1. The number of pyridine rings is 1. The van der Waals surface area contributed by atoms with Crippen molar-refractivity contribution in [1.82, 2.24) is 9.88 Å². The van der Waals surface area contributed by atoms with Crippen molar-refractivity contribution in [3.8, 4) is 11.5 Å². The van der Waals surface area contributed by atoms with Gasteiger partial charge in [-0.05, 0) is 51.0 Å². The molecule has 2 amide bonds. The van der Waals surface area contributed by atoms with Crippen LogP contribution in [0, 0.1) is 0 Å². The molecular weight excluding hydrogens is 436 g/mol. The Hall–Kier alpha value is -3.49. The lowest BCUT2D eigenvalue weighted by Gasteiger charge is -2.36. The first-order valence-electron chi connectivity index (χ1n) is 11.4. The summed E-state index contributed by atoms with van der Waals surface area (Å²) in [4.78, 5) is 33.0. The Morgan fingerprint density at radius 2 is 1.76 bits per heavy atom. The number of para-hydroxylation sites is 1. The van der Waals surface area contributed by atoms with E-state index >= 15 is 0 Å².